The van der Waals surface area contributed by atoms with E-state index in [0.717, 1.165) is 79.6 Å². The van der Waals surface area contributed by atoms with Crippen LogP contribution in [0.1, 0.15) is 68.7 Å². The molecule has 1 saturated heterocycles. The summed E-state index contributed by atoms with van der Waals surface area (Å²) in [4.78, 5) is 20.2. The zero-order valence-electron chi connectivity index (χ0n) is 30.5. The van der Waals surface area contributed by atoms with Gasteiger partial charge in [0.05, 0.1) is 29.9 Å². The minimum atomic E-state index is -1.16. The molecule has 0 amide bonds. The Bertz CT molecular complexity index is 1730. The summed E-state index contributed by atoms with van der Waals surface area (Å²) in [6.07, 6.45) is 18.1. The summed E-state index contributed by atoms with van der Waals surface area (Å²) >= 11 is 0. The predicted octanol–water partition coefficient (Wildman–Crippen LogP) is 7.53. The minimum Gasteiger partial charge on any atom is -0.494 e. The topological polar surface area (TPSA) is 129 Å². The van der Waals surface area contributed by atoms with E-state index in [1.54, 1.807) is 26.4 Å². The highest BCUT2D eigenvalue weighted by Gasteiger charge is 2.29. The lowest BCUT2D eigenvalue weighted by Crippen LogP contribution is -2.46. The van der Waals surface area contributed by atoms with Gasteiger partial charge in [0.2, 0.25) is 0 Å². The van der Waals surface area contributed by atoms with Crippen LogP contribution in [0.25, 0.3) is 5.57 Å². The lowest BCUT2D eigenvalue weighted by molar-refractivity contribution is -0.108. The molecule has 1 aromatic carbocycles. The Hall–Kier alpha value is -4.40. The molecule has 5 N–H and O–H groups in total. The monoisotopic (exact) mass is 713 g/mol. The van der Waals surface area contributed by atoms with Crippen molar-refractivity contribution in [2.45, 2.75) is 58.4 Å². The van der Waals surface area contributed by atoms with Crippen LogP contribution in [0.2, 0.25) is 0 Å². The Morgan fingerprint density at radius 3 is 2.55 bits per heavy atom. The van der Waals surface area contributed by atoms with Crippen molar-refractivity contribution in [2.24, 2.45) is 22.6 Å². The van der Waals surface area contributed by atoms with Gasteiger partial charge < -0.3 is 25.9 Å². The number of methoxy groups -OCH3 is 1. The van der Waals surface area contributed by atoms with Crippen molar-refractivity contribution in [3.63, 3.8) is 0 Å². The molecule has 5 rings (SSSR count). The van der Waals surface area contributed by atoms with Gasteiger partial charge in [0.15, 0.2) is 5.91 Å². The zero-order valence-corrected chi connectivity index (χ0v) is 31.7. The first-order chi connectivity index (χ1) is 24.6. The van der Waals surface area contributed by atoms with Crippen LogP contribution in [0.3, 0.4) is 0 Å². The number of aldehydes is 1. The number of allylic oxidation sites excluding steroid dienone is 6. The maximum atomic E-state index is 14.0. The number of rotatable bonds is 16. The fourth-order valence-electron chi connectivity index (χ4n) is 5.67. The molecule has 0 radical (unpaired) electrons. The Morgan fingerprint density at radius 2 is 1.98 bits per heavy atom. The molecule has 2 aromatic rings. The fraction of sp³-hybridized carbons (Fsp3) is 0.400. The summed E-state index contributed by atoms with van der Waals surface area (Å²) in [5, 5.41) is 15.6. The second-order valence-corrected chi connectivity index (χ2v) is 13.6. The summed E-state index contributed by atoms with van der Waals surface area (Å²) in [7, 11) is 7.32. The van der Waals surface area contributed by atoms with Crippen LogP contribution in [-0.2, 0) is 11.3 Å². The minimum absolute atomic E-state index is 0.317. The van der Waals surface area contributed by atoms with E-state index in [1.165, 1.54) is 11.1 Å². The standard InChI is InChI=1S/C36H47FN7OP.C4H6O/c1-6-7-10-24(15-14-23(2)27-21-44(22-27)20-26-11-9-18-42-34(26)36(37)46)28-12-8-13-29(35(28)45-5)43-30(19-31(38)40-3)32(39)33(41-4)25-16-17-25;5-3-4-1-2-4/h7-15,18-19,27,36,39,41,43H,6,16-17,20-22,46H2,1-5H3,(H2,38,40);3-4H,1-2H2/b10-7+,23-14+,24-15+,30-19+,39-32?;. The van der Waals surface area contributed by atoms with Crippen LogP contribution >= 0.6 is 9.24 Å². The van der Waals surface area contributed by atoms with Gasteiger partial charge in [-0.1, -0.05) is 64.2 Å². The van der Waals surface area contributed by atoms with Crippen molar-refractivity contribution in [2.75, 3.05) is 39.6 Å². The average Bonchev–Trinajstić information content (AvgIpc) is 4.05. The van der Waals surface area contributed by atoms with Crippen molar-refractivity contribution >= 4 is 38.3 Å². The second kappa shape index (κ2) is 19.3. The first-order valence-corrected chi connectivity index (χ1v) is 18.2. The predicted molar refractivity (Wildman–Crippen MR) is 212 cm³/mol. The number of aromatic nitrogens is 1. The summed E-state index contributed by atoms with van der Waals surface area (Å²) in [6, 6.07) is 9.78. The lowest BCUT2D eigenvalue weighted by atomic mass is 9.90. The van der Waals surface area contributed by atoms with Crippen LogP contribution in [0.5, 0.6) is 5.75 Å². The van der Waals surface area contributed by atoms with E-state index in [4.69, 9.17) is 15.9 Å². The molecule has 0 bridgehead atoms. The maximum Gasteiger partial charge on any atom is 0.155 e. The first-order valence-electron chi connectivity index (χ1n) is 17.6. The van der Waals surface area contributed by atoms with Gasteiger partial charge in [-0.15, -0.1) is 0 Å². The molecular weight excluding hydrogens is 660 g/mol. The Kier molecular flexibility index (Phi) is 14.9. The third kappa shape index (κ3) is 11.3. The fourth-order valence-corrected chi connectivity index (χ4v) is 5.97. The lowest BCUT2D eigenvalue weighted by Gasteiger charge is -2.40. The van der Waals surface area contributed by atoms with Gasteiger partial charge >= 0.3 is 0 Å². The highest BCUT2D eigenvalue weighted by Crippen LogP contribution is 2.37. The van der Waals surface area contributed by atoms with Gasteiger partial charge in [-0.05, 0) is 67.9 Å². The summed E-state index contributed by atoms with van der Waals surface area (Å²) in [5.74, 6) is 0.696. The zero-order chi connectivity index (χ0) is 36.9. The average molecular weight is 714 g/mol. The van der Waals surface area contributed by atoms with Gasteiger partial charge in [-0.3, -0.25) is 20.3 Å². The Balaban J connectivity index is 0.00000107. The molecule has 1 aliphatic heterocycles. The molecular formula is C40H53FN7O2P. The SMILES string of the molecule is CC/C=C/C(=C\C=C(/C)C1CN(Cc2cccnc2C(F)P)C1)c1cccc(N/C(=C/C(N)=NC)C(=N)C(NC)=C2CC2)c1OC.O=CC1CC1. The number of halogens is 1. The summed E-state index contributed by atoms with van der Waals surface area (Å²) in [6.45, 7) is 6.80. The van der Waals surface area contributed by atoms with Crippen molar-refractivity contribution in [1.82, 2.24) is 15.2 Å². The highest BCUT2D eigenvalue weighted by molar-refractivity contribution is 7.16. The largest absolute Gasteiger partial charge is 0.494 e. The van der Waals surface area contributed by atoms with E-state index in [9.17, 15) is 9.18 Å². The first kappa shape index (κ1) is 39.4. The maximum absolute atomic E-state index is 14.0. The van der Waals surface area contributed by atoms with Crippen molar-refractivity contribution in [3.8, 4) is 5.75 Å². The number of alkyl halides is 1. The molecule has 3 fully saturated rings. The van der Waals surface area contributed by atoms with Crippen LogP contribution in [0, 0.1) is 17.2 Å². The number of ether oxygens (including phenoxy) is 1. The third-order valence-electron chi connectivity index (χ3n) is 9.03. The molecule has 3 aliphatic rings. The van der Waals surface area contributed by atoms with Crippen molar-refractivity contribution in [3.05, 3.63) is 106 Å². The molecule has 2 atom stereocenters. The van der Waals surface area contributed by atoms with E-state index in [-0.39, 0.29) is 0 Å². The van der Waals surface area contributed by atoms with Gasteiger partial charge in [-0.2, -0.15) is 0 Å². The van der Waals surface area contributed by atoms with Gasteiger partial charge in [0.1, 0.15) is 23.6 Å². The number of benzene rings is 1. The molecule has 1 aromatic heterocycles. The molecule has 272 valence electrons. The quantitative estimate of drug-likeness (QED) is 0.0466. The summed E-state index contributed by atoms with van der Waals surface area (Å²) < 4.78 is 20.0. The van der Waals surface area contributed by atoms with Crippen LogP contribution in [0.15, 0.2) is 94.4 Å². The van der Waals surface area contributed by atoms with Gasteiger partial charge in [0, 0.05) is 63.4 Å². The Labute approximate surface area is 304 Å². The van der Waals surface area contributed by atoms with E-state index in [2.05, 4.69) is 72.9 Å². The second-order valence-electron chi connectivity index (χ2n) is 13.0. The smallest absolute Gasteiger partial charge is 0.155 e. The number of likely N-dealkylation sites (tertiary alicyclic amines) is 1. The van der Waals surface area contributed by atoms with Gasteiger partial charge in [0.25, 0.3) is 0 Å². The van der Waals surface area contributed by atoms with Crippen molar-refractivity contribution < 1.29 is 13.9 Å². The van der Waals surface area contributed by atoms with Gasteiger partial charge in [-0.25, -0.2) is 4.39 Å². The van der Waals surface area contributed by atoms with Crippen LogP contribution in [-0.4, -0.2) is 62.0 Å². The molecule has 51 heavy (non-hydrogen) atoms. The summed E-state index contributed by atoms with van der Waals surface area (Å²) in [5.41, 5.74) is 14.3. The molecule has 9 nitrogen and oxygen atoms in total. The number of nitrogens with one attached hydrogen (secondary N) is 3. The molecule has 2 heterocycles. The number of hydrogen-bond donors (Lipinski definition) is 4. The molecule has 11 heteroatoms. The van der Waals surface area contributed by atoms with Crippen LogP contribution < -0.4 is 21.1 Å². The van der Waals surface area contributed by atoms with Crippen LogP contribution in [0.4, 0.5) is 10.1 Å². The van der Waals surface area contributed by atoms with E-state index in [0.29, 0.717) is 47.1 Å². The molecule has 0 spiro atoms. The number of aliphatic imine (C=N–C) groups is 1. The van der Waals surface area contributed by atoms with E-state index < -0.39 is 5.91 Å². The highest BCUT2D eigenvalue weighted by atomic mass is 31.0. The molecule has 2 saturated carbocycles. The number of nitrogens with two attached hydrogens (primary N) is 1. The molecule has 2 unspecified atom stereocenters. The van der Waals surface area contributed by atoms with E-state index in [1.807, 2.05) is 37.4 Å². The molecule has 2 aliphatic carbocycles. The number of pyridine rings is 1. The normalized spacial score (nSPS) is 17.7. The van der Waals surface area contributed by atoms with E-state index >= 15 is 0 Å². The number of para-hydroxylation sites is 1. The number of nitrogens with zero attached hydrogens (tertiary/aromatic N) is 3. The number of hydrogen-bond acceptors (Lipinski definition) is 8. The number of carbonyl (C=O) groups excluding carboxylic acids is 1. The number of amidine groups is 1. The Morgan fingerprint density at radius 1 is 1.24 bits per heavy atom. The third-order valence-corrected chi connectivity index (χ3v) is 9.34. The number of carbonyl (C=O) groups is 1. The number of anilines is 1. The van der Waals surface area contributed by atoms with Crippen molar-refractivity contribution in [1.29, 1.82) is 5.41 Å².